The summed E-state index contributed by atoms with van der Waals surface area (Å²) in [5, 5.41) is 19.5. The van der Waals surface area contributed by atoms with Gasteiger partial charge in [-0.3, -0.25) is 8.75 Å². The van der Waals surface area contributed by atoms with Crippen LogP contribution in [0.1, 0.15) is 6.23 Å². The number of anilines is 1. The van der Waals surface area contributed by atoms with Crippen molar-refractivity contribution in [2.75, 3.05) is 12.3 Å². The molecule has 1 aromatic heterocycles. The molecule has 1 fully saturated rings. The molecule has 0 bridgehead atoms. The zero-order valence-electron chi connectivity index (χ0n) is 10.4. The molecule has 0 radical (unpaired) electrons. The fourth-order valence-corrected chi connectivity index (χ4v) is 2.17. The van der Waals surface area contributed by atoms with Gasteiger partial charge < -0.3 is 25.2 Å². The summed E-state index contributed by atoms with van der Waals surface area (Å²) in [5.41, 5.74) is 4.48. The number of nitrogens with two attached hydrogens (primary N) is 1. The highest BCUT2D eigenvalue weighted by atomic mass is 32.3. The smallest absolute Gasteiger partial charge is 0.351 e. The van der Waals surface area contributed by atoms with Crippen molar-refractivity contribution in [3.63, 3.8) is 0 Å². The maximum atomic E-state index is 11.6. The summed E-state index contributed by atoms with van der Waals surface area (Å²) in [6.07, 6.45) is -4.53. The number of aliphatic hydroxyl groups excluding tert-OH is 2. The highest BCUT2D eigenvalue weighted by molar-refractivity contribution is 7.80. The fourth-order valence-electron chi connectivity index (χ4n) is 1.87. The van der Waals surface area contributed by atoms with Crippen LogP contribution in [0.2, 0.25) is 0 Å². The maximum absolute atomic E-state index is 11.6. The van der Waals surface area contributed by atoms with Crippen LogP contribution in [0.25, 0.3) is 0 Å². The minimum absolute atomic E-state index is 0.0402. The van der Waals surface area contributed by atoms with E-state index >= 15 is 0 Å². The van der Waals surface area contributed by atoms with Crippen LogP contribution in [-0.4, -0.2) is 57.7 Å². The number of nitrogens with zero attached hydrogens (tertiary/aromatic N) is 2. The molecule has 21 heavy (non-hydrogen) atoms. The molecular weight excluding hydrogens is 310 g/mol. The zero-order valence-corrected chi connectivity index (χ0v) is 11.2. The van der Waals surface area contributed by atoms with E-state index in [1.165, 1.54) is 12.3 Å². The Morgan fingerprint density at radius 2 is 2.14 bits per heavy atom. The topological polar surface area (TPSA) is 177 Å². The molecule has 118 valence electrons. The van der Waals surface area contributed by atoms with Crippen LogP contribution < -0.4 is 11.4 Å². The third-order valence-corrected chi connectivity index (χ3v) is 3.26. The first-order valence-corrected chi connectivity index (χ1v) is 6.99. The van der Waals surface area contributed by atoms with Gasteiger partial charge in [0.15, 0.2) is 6.23 Å². The molecule has 2 heterocycles. The van der Waals surface area contributed by atoms with Gasteiger partial charge in [0.25, 0.3) is 0 Å². The molecule has 1 aliphatic heterocycles. The summed E-state index contributed by atoms with van der Waals surface area (Å²) in [4.78, 5) is 15.0. The van der Waals surface area contributed by atoms with Gasteiger partial charge in [0.1, 0.15) is 24.1 Å². The second-order valence-corrected chi connectivity index (χ2v) is 5.33. The van der Waals surface area contributed by atoms with Gasteiger partial charge in [0.05, 0.1) is 6.61 Å². The zero-order chi connectivity index (χ0) is 15.8. The van der Waals surface area contributed by atoms with Crippen molar-refractivity contribution in [1.82, 2.24) is 9.55 Å². The van der Waals surface area contributed by atoms with Gasteiger partial charge in [-0.05, 0) is 6.07 Å². The summed E-state index contributed by atoms with van der Waals surface area (Å²) in [7, 11) is -4.97. The lowest BCUT2D eigenvalue weighted by molar-refractivity contribution is -0.0519. The van der Waals surface area contributed by atoms with Crippen molar-refractivity contribution in [3.05, 3.63) is 22.7 Å². The monoisotopic (exact) mass is 322 g/mol. The van der Waals surface area contributed by atoms with Crippen LogP contribution in [0.5, 0.6) is 0 Å². The van der Waals surface area contributed by atoms with Crippen molar-refractivity contribution in [3.8, 4) is 0 Å². The molecule has 0 spiro atoms. The van der Waals surface area contributed by atoms with Crippen molar-refractivity contribution >= 4 is 16.2 Å². The number of aliphatic hydroxyl groups is 2. The molecule has 2 rings (SSSR count). The van der Waals surface area contributed by atoms with Crippen LogP contribution >= 0.6 is 0 Å². The molecule has 0 amide bonds. The first kappa shape index (κ1) is 15.8. The lowest BCUT2D eigenvalue weighted by atomic mass is 10.1. The first-order chi connectivity index (χ1) is 9.69. The Hall–Kier alpha value is -1.57. The molecule has 0 aliphatic carbocycles. The number of aromatic nitrogens is 2. The lowest BCUT2D eigenvalue weighted by Crippen LogP contribution is -2.36. The molecule has 0 unspecified atom stereocenters. The SMILES string of the molecule is Nc1ccn([C@@H]2O[C@H](COS(=O)(=O)[O-])[C@@H](O)[C@H]2O)c(=O)n1. The van der Waals surface area contributed by atoms with E-state index in [2.05, 4.69) is 9.17 Å². The summed E-state index contributed by atoms with van der Waals surface area (Å²) >= 11 is 0. The van der Waals surface area contributed by atoms with E-state index in [1.54, 1.807) is 0 Å². The minimum Gasteiger partial charge on any atom is -0.726 e. The maximum Gasteiger partial charge on any atom is 0.351 e. The van der Waals surface area contributed by atoms with E-state index < -0.39 is 47.2 Å². The molecule has 1 aliphatic rings. The molecule has 1 saturated heterocycles. The normalized spacial score (nSPS) is 29.7. The second-order valence-electron chi connectivity index (χ2n) is 4.28. The average molecular weight is 322 g/mol. The third kappa shape index (κ3) is 3.55. The Balaban J connectivity index is 2.18. The summed E-state index contributed by atoms with van der Waals surface area (Å²) in [5.74, 6) is -0.0402. The van der Waals surface area contributed by atoms with Crippen molar-refractivity contribution < 1.29 is 32.1 Å². The van der Waals surface area contributed by atoms with Crippen LogP contribution in [0, 0.1) is 0 Å². The van der Waals surface area contributed by atoms with Crippen LogP contribution in [-0.2, 0) is 19.3 Å². The van der Waals surface area contributed by atoms with Crippen LogP contribution in [0.15, 0.2) is 17.1 Å². The Morgan fingerprint density at radius 1 is 1.48 bits per heavy atom. The van der Waals surface area contributed by atoms with E-state index in [0.29, 0.717) is 0 Å². The van der Waals surface area contributed by atoms with E-state index in [9.17, 15) is 28.0 Å². The van der Waals surface area contributed by atoms with Gasteiger partial charge in [0, 0.05) is 6.20 Å². The molecule has 1 aromatic rings. The standard InChI is InChI=1S/C9H13N3O8S/c10-5-1-2-12(9(15)11-5)8-7(14)6(13)4(20-8)3-19-21(16,17)18/h1-2,4,6-8,13-14H,3H2,(H2,10,11,15)(H,16,17,18)/p-1/t4-,6-,7-,8-/m1/s1. The molecule has 0 aromatic carbocycles. The van der Waals surface area contributed by atoms with Crippen molar-refractivity contribution in [2.24, 2.45) is 0 Å². The van der Waals surface area contributed by atoms with Crippen molar-refractivity contribution in [2.45, 2.75) is 24.5 Å². The van der Waals surface area contributed by atoms with Gasteiger partial charge in [-0.1, -0.05) is 0 Å². The predicted molar refractivity (Wildman–Crippen MR) is 64.5 cm³/mol. The lowest BCUT2D eigenvalue weighted by Gasteiger charge is -2.17. The van der Waals surface area contributed by atoms with Crippen molar-refractivity contribution in [1.29, 1.82) is 0 Å². The number of nitrogen functional groups attached to an aromatic ring is 1. The summed E-state index contributed by atoms with van der Waals surface area (Å²) < 4.78 is 41.1. The minimum atomic E-state index is -4.97. The predicted octanol–water partition coefficient (Wildman–Crippen LogP) is -3.08. The quantitative estimate of drug-likeness (QED) is 0.380. The van der Waals surface area contributed by atoms with Gasteiger partial charge in [-0.15, -0.1) is 0 Å². The number of ether oxygens (including phenoxy) is 1. The summed E-state index contributed by atoms with van der Waals surface area (Å²) in [6, 6.07) is 1.27. The van der Waals surface area contributed by atoms with E-state index in [1.807, 2.05) is 0 Å². The fraction of sp³-hybridized carbons (Fsp3) is 0.556. The average Bonchev–Trinajstić information content (AvgIpc) is 2.64. The van der Waals surface area contributed by atoms with E-state index in [4.69, 9.17) is 10.5 Å². The first-order valence-electron chi connectivity index (χ1n) is 5.65. The van der Waals surface area contributed by atoms with Gasteiger partial charge >= 0.3 is 5.69 Å². The molecule has 4 atom stereocenters. The third-order valence-electron chi connectivity index (χ3n) is 2.84. The Labute approximate surface area is 118 Å². The molecule has 0 saturated carbocycles. The Kier molecular flexibility index (Phi) is 4.27. The highest BCUT2D eigenvalue weighted by Gasteiger charge is 2.44. The van der Waals surface area contributed by atoms with Crippen LogP contribution in [0.3, 0.4) is 0 Å². The van der Waals surface area contributed by atoms with E-state index in [0.717, 1.165) is 4.57 Å². The number of hydrogen-bond acceptors (Lipinski definition) is 10. The van der Waals surface area contributed by atoms with Gasteiger partial charge in [-0.25, -0.2) is 13.2 Å². The van der Waals surface area contributed by atoms with Crippen LogP contribution in [0.4, 0.5) is 5.82 Å². The molecule has 4 N–H and O–H groups in total. The van der Waals surface area contributed by atoms with Gasteiger partial charge in [0.2, 0.25) is 10.4 Å². The Morgan fingerprint density at radius 3 is 2.71 bits per heavy atom. The van der Waals surface area contributed by atoms with Gasteiger partial charge in [-0.2, -0.15) is 4.98 Å². The Bertz CT molecular complexity index is 674. The van der Waals surface area contributed by atoms with E-state index in [-0.39, 0.29) is 5.82 Å². The highest BCUT2D eigenvalue weighted by Crippen LogP contribution is 2.28. The number of hydrogen-bond donors (Lipinski definition) is 3. The molecular formula is C9H12N3O8S-. The molecule has 12 heteroatoms. The largest absolute Gasteiger partial charge is 0.726 e. The number of rotatable bonds is 4. The second kappa shape index (κ2) is 5.67. The summed E-state index contributed by atoms with van der Waals surface area (Å²) in [6.45, 7) is -0.794. The molecule has 11 nitrogen and oxygen atoms in total.